The highest BCUT2D eigenvalue weighted by Gasteiger charge is 2.22. The number of aromatic nitrogens is 2. The van der Waals surface area contributed by atoms with Gasteiger partial charge >= 0.3 is 5.97 Å². The molecule has 1 aromatic heterocycles. The van der Waals surface area contributed by atoms with Gasteiger partial charge in [-0.25, -0.2) is 9.78 Å². The molecule has 164 valence electrons. The Morgan fingerprint density at radius 3 is 2.56 bits per heavy atom. The third-order valence-corrected chi connectivity index (χ3v) is 5.87. The normalized spacial score (nSPS) is 13.1. The fraction of sp³-hybridized carbons (Fsp3) is 0.259. The zero-order valence-corrected chi connectivity index (χ0v) is 18.5. The molecule has 3 aromatic carbocycles. The van der Waals surface area contributed by atoms with Crippen molar-refractivity contribution in [2.24, 2.45) is 0 Å². The van der Waals surface area contributed by atoms with Crippen LogP contribution in [0.25, 0.3) is 10.8 Å². The monoisotopic (exact) mass is 428 g/mol. The van der Waals surface area contributed by atoms with Crippen LogP contribution in [-0.2, 0) is 22.5 Å². The molecule has 5 heteroatoms. The van der Waals surface area contributed by atoms with Crippen molar-refractivity contribution in [3.05, 3.63) is 102 Å². The van der Waals surface area contributed by atoms with Gasteiger partial charge in [-0.15, -0.1) is 0 Å². The Kier molecular flexibility index (Phi) is 6.97. The average molecular weight is 429 g/mol. The summed E-state index contributed by atoms with van der Waals surface area (Å²) in [7, 11) is 1.37. The second-order valence-corrected chi connectivity index (χ2v) is 7.94. The topological polar surface area (TPSA) is 53.4 Å². The van der Waals surface area contributed by atoms with E-state index in [1.165, 1.54) is 23.4 Å². The molecule has 0 aliphatic heterocycles. The largest absolute Gasteiger partial charge is 0.464 e. The molecule has 0 saturated carbocycles. The first-order valence-electron chi connectivity index (χ1n) is 10.9. The minimum absolute atomic E-state index is 0.0172. The van der Waals surface area contributed by atoms with E-state index in [1.807, 2.05) is 22.8 Å². The van der Waals surface area contributed by atoms with Gasteiger partial charge in [0.05, 0.1) is 32.2 Å². The molecule has 1 heterocycles. The van der Waals surface area contributed by atoms with Crippen molar-refractivity contribution in [3.8, 4) is 0 Å². The number of benzene rings is 3. The van der Waals surface area contributed by atoms with Crippen LogP contribution in [0.15, 0.2) is 85.3 Å². The summed E-state index contributed by atoms with van der Waals surface area (Å²) in [6.07, 6.45) is 5.10. The molecule has 5 nitrogen and oxygen atoms in total. The Bertz CT molecular complexity index is 1160. The lowest BCUT2D eigenvalue weighted by molar-refractivity contribution is 0.0148. The van der Waals surface area contributed by atoms with Crippen molar-refractivity contribution in [2.75, 3.05) is 7.11 Å². The van der Waals surface area contributed by atoms with E-state index in [1.54, 1.807) is 12.5 Å². The lowest BCUT2D eigenvalue weighted by Gasteiger charge is -2.26. The van der Waals surface area contributed by atoms with E-state index in [2.05, 4.69) is 66.5 Å². The van der Waals surface area contributed by atoms with E-state index in [0.29, 0.717) is 12.3 Å². The molecule has 0 spiro atoms. The Balaban J connectivity index is 1.55. The van der Waals surface area contributed by atoms with Crippen LogP contribution in [0, 0.1) is 0 Å². The summed E-state index contributed by atoms with van der Waals surface area (Å²) in [6.45, 7) is 2.61. The number of rotatable bonds is 9. The van der Waals surface area contributed by atoms with Gasteiger partial charge in [0, 0.05) is 6.20 Å². The summed E-state index contributed by atoms with van der Waals surface area (Å²) in [5.74, 6) is -0.436. The minimum Gasteiger partial charge on any atom is -0.464 e. The fourth-order valence-corrected chi connectivity index (χ4v) is 4.08. The highest BCUT2D eigenvalue weighted by molar-refractivity contribution is 5.87. The van der Waals surface area contributed by atoms with Crippen molar-refractivity contribution in [1.82, 2.24) is 9.55 Å². The number of carbonyl (C=O) groups excluding carboxylic acids is 1. The van der Waals surface area contributed by atoms with Gasteiger partial charge in [-0.2, -0.15) is 0 Å². The molecule has 0 fully saturated rings. The number of hydrogen-bond acceptors (Lipinski definition) is 4. The molecule has 32 heavy (non-hydrogen) atoms. The number of esters is 1. The lowest BCUT2D eigenvalue weighted by Crippen LogP contribution is -2.24. The number of carbonyl (C=O) groups is 1. The SMILES string of the molecule is COC(=O)c1cn([C@H](CCc2cccc3ccccc23)[C@H](C)OCc2ccccc2)cn1. The van der Waals surface area contributed by atoms with Gasteiger partial charge in [0.25, 0.3) is 0 Å². The molecule has 0 aliphatic rings. The van der Waals surface area contributed by atoms with E-state index >= 15 is 0 Å². The van der Waals surface area contributed by atoms with Crippen molar-refractivity contribution >= 4 is 16.7 Å². The maximum atomic E-state index is 11.9. The summed E-state index contributed by atoms with van der Waals surface area (Å²) in [6, 6.07) is 25.0. The number of methoxy groups -OCH3 is 1. The van der Waals surface area contributed by atoms with Gasteiger partial charge in [0.15, 0.2) is 5.69 Å². The molecule has 0 aliphatic carbocycles. The van der Waals surface area contributed by atoms with Crippen LogP contribution in [0.3, 0.4) is 0 Å². The number of imidazole rings is 1. The van der Waals surface area contributed by atoms with Crippen LogP contribution in [0.1, 0.15) is 41.0 Å². The lowest BCUT2D eigenvalue weighted by atomic mass is 9.97. The van der Waals surface area contributed by atoms with Gasteiger partial charge in [-0.05, 0) is 41.7 Å². The molecule has 0 amide bonds. The van der Waals surface area contributed by atoms with Crippen LogP contribution in [0.4, 0.5) is 0 Å². The Morgan fingerprint density at radius 1 is 1.00 bits per heavy atom. The molecule has 4 rings (SSSR count). The average Bonchev–Trinajstić information content (AvgIpc) is 3.33. The second kappa shape index (κ2) is 10.2. The van der Waals surface area contributed by atoms with Gasteiger partial charge in [0.1, 0.15) is 0 Å². The summed E-state index contributed by atoms with van der Waals surface area (Å²) in [4.78, 5) is 16.2. The zero-order chi connectivity index (χ0) is 22.3. The van der Waals surface area contributed by atoms with Crippen LogP contribution in [0.5, 0.6) is 0 Å². The third kappa shape index (κ3) is 5.06. The summed E-state index contributed by atoms with van der Waals surface area (Å²) in [5, 5.41) is 2.51. The Morgan fingerprint density at radius 2 is 1.75 bits per heavy atom. The molecule has 4 aromatic rings. The van der Waals surface area contributed by atoms with Gasteiger partial charge in [-0.1, -0.05) is 72.8 Å². The van der Waals surface area contributed by atoms with Crippen LogP contribution in [0.2, 0.25) is 0 Å². The molecule has 0 radical (unpaired) electrons. The van der Waals surface area contributed by atoms with Crippen LogP contribution in [-0.4, -0.2) is 28.7 Å². The van der Waals surface area contributed by atoms with E-state index < -0.39 is 5.97 Å². The van der Waals surface area contributed by atoms with Gasteiger partial charge < -0.3 is 14.0 Å². The summed E-state index contributed by atoms with van der Waals surface area (Å²) in [5.41, 5.74) is 2.74. The van der Waals surface area contributed by atoms with Gasteiger partial charge in [-0.3, -0.25) is 0 Å². The summed E-state index contributed by atoms with van der Waals surface area (Å²) < 4.78 is 13.1. The van der Waals surface area contributed by atoms with Crippen molar-refractivity contribution in [1.29, 1.82) is 0 Å². The molecular weight excluding hydrogens is 400 g/mol. The maximum absolute atomic E-state index is 11.9. The van der Waals surface area contributed by atoms with Crippen molar-refractivity contribution in [2.45, 2.75) is 38.5 Å². The number of ether oxygens (including phenoxy) is 2. The predicted molar refractivity (Wildman–Crippen MR) is 126 cm³/mol. The van der Waals surface area contributed by atoms with E-state index in [4.69, 9.17) is 9.47 Å². The zero-order valence-electron chi connectivity index (χ0n) is 18.5. The van der Waals surface area contributed by atoms with Crippen molar-refractivity contribution < 1.29 is 14.3 Å². The number of nitrogens with zero attached hydrogens (tertiary/aromatic N) is 2. The Hall–Kier alpha value is -3.44. The fourth-order valence-electron chi connectivity index (χ4n) is 4.08. The van der Waals surface area contributed by atoms with Crippen LogP contribution < -0.4 is 0 Å². The van der Waals surface area contributed by atoms with Crippen molar-refractivity contribution in [3.63, 3.8) is 0 Å². The molecule has 0 unspecified atom stereocenters. The number of fused-ring (bicyclic) bond motifs is 1. The van der Waals surface area contributed by atoms with E-state index in [9.17, 15) is 4.79 Å². The molecule has 0 N–H and O–H groups in total. The molecule has 0 saturated heterocycles. The highest BCUT2D eigenvalue weighted by Crippen LogP contribution is 2.26. The predicted octanol–water partition coefficient (Wildman–Crippen LogP) is 5.60. The molecule has 2 atom stereocenters. The standard InChI is InChI=1S/C27H28N2O3/c1-20(32-18-21-9-4-3-5-10-21)26(29-17-25(28-19-29)27(30)31-2)16-15-23-13-8-12-22-11-6-7-14-24(22)23/h3-14,17,19-20,26H,15-16,18H2,1-2H3/t20-,26+/m0/s1. The van der Waals surface area contributed by atoms with E-state index in [0.717, 1.165) is 18.4 Å². The number of aryl methyl sites for hydroxylation is 1. The van der Waals surface area contributed by atoms with Gasteiger partial charge in [0.2, 0.25) is 0 Å². The molecule has 0 bridgehead atoms. The second-order valence-electron chi connectivity index (χ2n) is 7.94. The third-order valence-electron chi connectivity index (χ3n) is 5.87. The van der Waals surface area contributed by atoms with Crippen LogP contribution >= 0.6 is 0 Å². The minimum atomic E-state index is -0.436. The smallest absolute Gasteiger partial charge is 0.358 e. The molecular formula is C27H28N2O3. The maximum Gasteiger partial charge on any atom is 0.358 e. The Labute approximate surface area is 188 Å². The quantitative estimate of drug-likeness (QED) is 0.326. The van der Waals surface area contributed by atoms with E-state index in [-0.39, 0.29) is 12.1 Å². The summed E-state index contributed by atoms with van der Waals surface area (Å²) >= 11 is 0. The first-order valence-corrected chi connectivity index (χ1v) is 10.9. The first kappa shape index (κ1) is 21.8. The number of hydrogen-bond donors (Lipinski definition) is 0. The highest BCUT2D eigenvalue weighted by atomic mass is 16.5. The first-order chi connectivity index (χ1) is 15.7.